The molecule has 0 saturated carbocycles. The van der Waals surface area contributed by atoms with Gasteiger partial charge in [-0.25, -0.2) is 0 Å². The van der Waals surface area contributed by atoms with Crippen LogP contribution in [0.2, 0.25) is 5.02 Å². The van der Waals surface area contributed by atoms with Crippen molar-refractivity contribution in [2.75, 3.05) is 20.6 Å². The normalized spacial score (nSPS) is 13.8. The molecular weight excluding hydrogens is 306 g/mol. The Hall–Kier alpha value is -1.64. The SMILES string of the molecule is CCC(=O)C(CCN(C)C)(c1ccccc1)c1ccc(Cl)cc1. The van der Waals surface area contributed by atoms with E-state index in [0.717, 1.165) is 24.1 Å². The molecule has 0 heterocycles. The molecule has 0 N–H and O–H groups in total. The molecule has 0 spiro atoms. The summed E-state index contributed by atoms with van der Waals surface area (Å²) < 4.78 is 0. The average molecular weight is 330 g/mol. The number of carbonyl (C=O) groups is 1. The van der Waals surface area contributed by atoms with E-state index in [9.17, 15) is 4.79 Å². The van der Waals surface area contributed by atoms with Crippen LogP contribution in [0.25, 0.3) is 0 Å². The van der Waals surface area contributed by atoms with E-state index in [1.54, 1.807) is 0 Å². The van der Waals surface area contributed by atoms with Crippen molar-refractivity contribution >= 4 is 17.4 Å². The first-order chi connectivity index (χ1) is 11.0. The van der Waals surface area contributed by atoms with E-state index in [0.29, 0.717) is 11.4 Å². The topological polar surface area (TPSA) is 20.3 Å². The van der Waals surface area contributed by atoms with Crippen LogP contribution >= 0.6 is 11.6 Å². The van der Waals surface area contributed by atoms with Crippen molar-refractivity contribution < 1.29 is 4.79 Å². The van der Waals surface area contributed by atoms with Gasteiger partial charge in [-0.05, 0) is 50.3 Å². The zero-order chi connectivity index (χ0) is 16.9. The minimum Gasteiger partial charge on any atom is -0.309 e. The van der Waals surface area contributed by atoms with Gasteiger partial charge in [0.05, 0.1) is 5.41 Å². The van der Waals surface area contributed by atoms with E-state index in [2.05, 4.69) is 17.0 Å². The van der Waals surface area contributed by atoms with Gasteiger partial charge in [0.15, 0.2) is 0 Å². The molecule has 122 valence electrons. The van der Waals surface area contributed by atoms with E-state index in [1.807, 2.05) is 63.5 Å². The first kappa shape index (κ1) is 17.7. The van der Waals surface area contributed by atoms with Gasteiger partial charge in [-0.1, -0.05) is 61.0 Å². The van der Waals surface area contributed by atoms with Gasteiger partial charge in [-0.3, -0.25) is 4.79 Å². The van der Waals surface area contributed by atoms with Crippen LogP contribution < -0.4 is 0 Å². The second kappa shape index (κ2) is 7.76. The number of ketones is 1. The Morgan fingerprint density at radius 3 is 2.09 bits per heavy atom. The lowest BCUT2D eigenvalue weighted by molar-refractivity contribution is -0.123. The predicted octanol–water partition coefficient (Wildman–Crippen LogP) is 4.56. The number of rotatable bonds is 7. The Labute approximate surface area is 144 Å². The lowest BCUT2D eigenvalue weighted by Gasteiger charge is -2.34. The van der Waals surface area contributed by atoms with Crippen LogP contribution in [-0.4, -0.2) is 31.3 Å². The smallest absolute Gasteiger partial charge is 0.147 e. The Morgan fingerprint density at radius 2 is 1.57 bits per heavy atom. The molecule has 0 aliphatic heterocycles. The van der Waals surface area contributed by atoms with Gasteiger partial charge in [0.2, 0.25) is 0 Å². The van der Waals surface area contributed by atoms with Crippen LogP contribution in [-0.2, 0) is 10.2 Å². The number of benzene rings is 2. The fourth-order valence-corrected chi connectivity index (χ4v) is 3.19. The standard InChI is InChI=1S/C20H24ClNO/c1-4-19(23)20(14-15-22(2)3,16-8-6-5-7-9-16)17-10-12-18(21)13-11-17/h5-13H,4,14-15H2,1-3H3. The highest BCUT2D eigenvalue weighted by atomic mass is 35.5. The van der Waals surface area contributed by atoms with Gasteiger partial charge < -0.3 is 4.90 Å². The maximum Gasteiger partial charge on any atom is 0.147 e. The number of carbonyl (C=O) groups excluding carboxylic acids is 1. The van der Waals surface area contributed by atoms with E-state index >= 15 is 0 Å². The molecule has 2 aromatic carbocycles. The third-order valence-electron chi connectivity index (χ3n) is 4.33. The molecule has 0 radical (unpaired) electrons. The van der Waals surface area contributed by atoms with Crippen molar-refractivity contribution in [3.8, 4) is 0 Å². The van der Waals surface area contributed by atoms with E-state index < -0.39 is 5.41 Å². The van der Waals surface area contributed by atoms with Crippen LogP contribution in [0.15, 0.2) is 54.6 Å². The number of Topliss-reactive ketones (excluding diaryl/α,β-unsaturated/α-hetero) is 1. The van der Waals surface area contributed by atoms with Crippen molar-refractivity contribution in [2.45, 2.75) is 25.2 Å². The first-order valence-electron chi connectivity index (χ1n) is 8.00. The third-order valence-corrected chi connectivity index (χ3v) is 4.59. The monoisotopic (exact) mass is 329 g/mol. The van der Waals surface area contributed by atoms with Crippen LogP contribution in [0, 0.1) is 0 Å². The Morgan fingerprint density at radius 1 is 1.00 bits per heavy atom. The van der Waals surface area contributed by atoms with Gasteiger partial charge in [-0.15, -0.1) is 0 Å². The fourth-order valence-electron chi connectivity index (χ4n) is 3.07. The summed E-state index contributed by atoms with van der Waals surface area (Å²) in [6, 6.07) is 17.8. The second-order valence-electron chi connectivity index (χ2n) is 6.11. The fraction of sp³-hybridized carbons (Fsp3) is 0.350. The molecule has 23 heavy (non-hydrogen) atoms. The molecule has 0 aliphatic rings. The molecule has 2 aromatic rings. The van der Waals surface area contributed by atoms with Crippen molar-refractivity contribution in [3.63, 3.8) is 0 Å². The molecule has 0 amide bonds. The van der Waals surface area contributed by atoms with Crippen molar-refractivity contribution in [1.82, 2.24) is 4.90 Å². The lowest BCUT2D eigenvalue weighted by atomic mass is 9.68. The summed E-state index contributed by atoms with van der Waals surface area (Å²) in [5, 5.41) is 0.687. The predicted molar refractivity (Wildman–Crippen MR) is 97.1 cm³/mol. The second-order valence-corrected chi connectivity index (χ2v) is 6.54. The zero-order valence-corrected chi connectivity index (χ0v) is 14.8. The van der Waals surface area contributed by atoms with Crippen LogP contribution in [0.1, 0.15) is 30.9 Å². The molecular formula is C20H24ClNO. The summed E-state index contributed by atoms with van der Waals surface area (Å²) >= 11 is 6.06. The van der Waals surface area contributed by atoms with Gasteiger partial charge in [-0.2, -0.15) is 0 Å². The molecule has 1 unspecified atom stereocenters. The molecule has 0 fully saturated rings. The van der Waals surface area contributed by atoms with Crippen molar-refractivity contribution in [2.24, 2.45) is 0 Å². The van der Waals surface area contributed by atoms with Crippen LogP contribution in [0.4, 0.5) is 0 Å². The highest BCUT2D eigenvalue weighted by Crippen LogP contribution is 2.38. The molecule has 0 bridgehead atoms. The summed E-state index contributed by atoms with van der Waals surface area (Å²) in [6.45, 7) is 2.77. The van der Waals surface area contributed by atoms with E-state index in [-0.39, 0.29) is 5.78 Å². The molecule has 1 atom stereocenters. The van der Waals surface area contributed by atoms with Gasteiger partial charge >= 0.3 is 0 Å². The quantitative estimate of drug-likeness (QED) is 0.742. The molecule has 0 saturated heterocycles. The molecule has 0 aromatic heterocycles. The van der Waals surface area contributed by atoms with Gasteiger partial charge in [0.25, 0.3) is 0 Å². The Balaban J connectivity index is 2.63. The number of nitrogens with zero attached hydrogens (tertiary/aromatic N) is 1. The number of hydrogen-bond donors (Lipinski definition) is 0. The number of hydrogen-bond acceptors (Lipinski definition) is 2. The summed E-state index contributed by atoms with van der Waals surface area (Å²) in [6.07, 6.45) is 1.25. The Bertz CT molecular complexity index is 636. The highest BCUT2D eigenvalue weighted by Gasteiger charge is 2.40. The maximum absolute atomic E-state index is 13.1. The zero-order valence-electron chi connectivity index (χ0n) is 14.1. The molecule has 0 aliphatic carbocycles. The summed E-state index contributed by atoms with van der Waals surface area (Å²) in [4.78, 5) is 15.2. The highest BCUT2D eigenvalue weighted by molar-refractivity contribution is 6.30. The van der Waals surface area contributed by atoms with Crippen molar-refractivity contribution in [3.05, 3.63) is 70.7 Å². The largest absolute Gasteiger partial charge is 0.309 e. The van der Waals surface area contributed by atoms with Gasteiger partial charge in [0.1, 0.15) is 5.78 Å². The number of halogens is 1. The minimum atomic E-state index is -0.620. The lowest BCUT2D eigenvalue weighted by Crippen LogP contribution is -2.39. The first-order valence-corrected chi connectivity index (χ1v) is 8.38. The molecule has 3 heteroatoms. The average Bonchev–Trinajstić information content (AvgIpc) is 2.57. The summed E-state index contributed by atoms with van der Waals surface area (Å²) in [5.41, 5.74) is 1.45. The van der Waals surface area contributed by atoms with Gasteiger partial charge in [0, 0.05) is 11.4 Å². The van der Waals surface area contributed by atoms with E-state index in [1.165, 1.54) is 0 Å². The maximum atomic E-state index is 13.1. The summed E-state index contributed by atoms with van der Waals surface area (Å²) in [7, 11) is 4.07. The minimum absolute atomic E-state index is 0.243. The van der Waals surface area contributed by atoms with Crippen molar-refractivity contribution in [1.29, 1.82) is 0 Å². The molecule has 2 rings (SSSR count). The summed E-state index contributed by atoms with van der Waals surface area (Å²) in [5.74, 6) is 0.243. The van der Waals surface area contributed by atoms with Crippen LogP contribution in [0.5, 0.6) is 0 Å². The van der Waals surface area contributed by atoms with Crippen LogP contribution in [0.3, 0.4) is 0 Å². The Kier molecular flexibility index (Phi) is 5.97. The van der Waals surface area contributed by atoms with E-state index in [4.69, 9.17) is 11.6 Å². The molecule has 2 nitrogen and oxygen atoms in total. The third kappa shape index (κ3) is 3.82.